The van der Waals surface area contributed by atoms with Crippen LogP contribution in [0.25, 0.3) is 10.9 Å². The Morgan fingerprint density at radius 1 is 1.43 bits per heavy atom. The van der Waals surface area contributed by atoms with Gasteiger partial charge in [-0.2, -0.15) is 0 Å². The first-order valence-electron chi connectivity index (χ1n) is 4.68. The van der Waals surface area contributed by atoms with Crippen molar-refractivity contribution in [1.29, 1.82) is 0 Å². The van der Waals surface area contributed by atoms with Crippen molar-refractivity contribution < 1.29 is 0 Å². The summed E-state index contributed by atoms with van der Waals surface area (Å²) >= 11 is 3.55. The summed E-state index contributed by atoms with van der Waals surface area (Å²) in [5.74, 6) is 0. The number of nitrogens with zero attached hydrogens (tertiary/aromatic N) is 1. The number of aromatic nitrogens is 1. The van der Waals surface area contributed by atoms with Crippen molar-refractivity contribution in [3.05, 3.63) is 34.4 Å². The van der Waals surface area contributed by atoms with Crippen LogP contribution < -0.4 is 5.73 Å². The fraction of sp³-hybridized carbons (Fsp3) is 0.273. The number of rotatable bonds is 2. The lowest BCUT2D eigenvalue weighted by Crippen LogP contribution is -2.10. The maximum absolute atomic E-state index is 5.59. The molecule has 0 aliphatic carbocycles. The van der Waals surface area contributed by atoms with Crippen LogP contribution in [0, 0.1) is 6.92 Å². The summed E-state index contributed by atoms with van der Waals surface area (Å²) in [5, 5.41) is 1.26. The van der Waals surface area contributed by atoms with Crippen molar-refractivity contribution in [2.45, 2.75) is 13.5 Å². The van der Waals surface area contributed by atoms with Crippen LogP contribution in [0.1, 0.15) is 5.69 Å². The van der Waals surface area contributed by atoms with Crippen LogP contribution in [0.4, 0.5) is 0 Å². The summed E-state index contributed by atoms with van der Waals surface area (Å²) in [7, 11) is 0. The third kappa shape index (κ3) is 1.47. The molecule has 3 heteroatoms. The van der Waals surface area contributed by atoms with Crippen molar-refractivity contribution in [2.75, 3.05) is 6.54 Å². The minimum absolute atomic E-state index is 0.678. The molecule has 0 aliphatic heterocycles. The molecule has 0 saturated carbocycles. The van der Waals surface area contributed by atoms with E-state index in [4.69, 9.17) is 5.73 Å². The number of hydrogen-bond acceptors (Lipinski definition) is 1. The highest BCUT2D eigenvalue weighted by Gasteiger charge is 2.06. The lowest BCUT2D eigenvalue weighted by molar-refractivity contribution is 0.715. The molecule has 0 fully saturated rings. The van der Waals surface area contributed by atoms with Crippen LogP contribution in [-0.2, 0) is 6.54 Å². The maximum atomic E-state index is 5.59. The third-order valence-corrected chi connectivity index (χ3v) is 3.14. The monoisotopic (exact) mass is 252 g/mol. The van der Waals surface area contributed by atoms with Gasteiger partial charge in [0.25, 0.3) is 0 Å². The normalized spacial score (nSPS) is 11.1. The zero-order chi connectivity index (χ0) is 10.1. The van der Waals surface area contributed by atoms with Gasteiger partial charge in [0.15, 0.2) is 0 Å². The van der Waals surface area contributed by atoms with E-state index in [0.717, 1.165) is 11.0 Å². The Morgan fingerprint density at radius 3 is 2.93 bits per heavy atom. The average molecular weight is 253 g/mol. The first-order chi connectivity index (χ1) is 6.74. The molecule has 1 aromatic heterocycles. The molecule has 0 bridgehead atoms. The average Bonchev–Trinajstić information content (AvgIpc) is 2.47. The summed E-state index contributed by atoms with van der Waals surface area (Å²) in [6, 6.07) is 8.44. The van der Waals surface area contributed by atoms with Crippen molar-refractivity contribution in [2.24, 2.45) is 5.73 Å². The lowest BCUT2D eigenvalue weighted by atomic mass is 10.2. The summed E-state index contributed by atoms with van der Waals surface area (Å²) < 4.78 is 3.40. The highest BCUT2D eigenvalue weighted by molar-refractivity contribution is 9.10. The van der Waals surface area contributed by atoms with Crippen molar-refractivity contribution >= 4 is 26.8 Å². The summed E-state index contributed by atoms with van der Waals surface area (Å²) in [6.45, 7) is 3.67. The Hall–Kier alpha value is -0.800. The van der Waals surface area contributed by atoms with Crippen LogP contribution in [0.3, 0.4) is 0 Å². The van der Waals surface area contributed by atoms with E-state index >= 15 is 0 Å². The fourth-order valence-corrected chi connectivity index (χ4v) is 2.28. The highest BCUT2D eigenvalue weighted by atomic mass is 79.9. The van der Waals surface area contributed by atoms with Gasteiger partial charge >= 0.3 is 0 Å². The number of hydrogen-bond donors (Lipinski definition) is 1. The van der Waals surface area contributed by atoms with Gasteiger partial charge in [0.05, 0.1) is 0 Å². The second kappa shape index (κ2) is 3.75. The molecule has 0 radical (unpaired) electrons. The molecule has 2 nitrogen and oxygen atoms in total. The molecule has 14 heavy (non-hydrogen) atoms. The molecule has 1 aromatic carbocycles. The number of fused-ring (bicyclic) bond motifs is 1. The highest BCUT2D eigenvalue weighted by Crippen LogP contribution is 2.26. The van der Waals surface area contributed by atoms with E-state index in [-0.39, 0.29) is 0 Å². The van der Waals surface area contributed by atoms with E-state index < -0.39 is 0 Å². The molecule has 0 saturated heterocycles. The van der Waals surface area contributed by atoms with Crippen LogP contribution in [0.2, 0.25) is 0 Å². The molecule has 1 heterocycles. The van der Waals surface area contributed by atoms with Gasteiger partial charge in [-0.25, -0.2) is 0 Å². The second-order valence-electron chi connectivity index (χ2n) is 3.40. The van der Waals surface area contributed by atoms with Crippen molar-refractivity contribution in [3.63, 3.8) is 0 Å². The van der Waals surface area contributed by atoms with Gasteiger partial charge in [0.2, 0.25) is 0 Å². The second-order valence-corrected chi connectivity index (χ2v) is 4.25. The molecule has 2 aromatic rings. The standard InChI is InChI=1S/C11H13BrN2/c1-8-7-9-10(12)3-2-4-11(9)14(8)6-5-13/h2-4,7H,5-6,13H2,1H3. The Kier molecular flexibility index (Phi) is 2.61. The molecule has 0 atom stereocenters. The van der Waals surface area contributed by atoms with E-state index in [2.05, 4.69) is 51.7 Å². The van der Waals surface area contributed by atoms with Gasteiger partial charge in [0, 0.05) is 34.2 Å². The first-order valence-corrected chi connectivity index (χ1v) is 5.48. The Labute approximate surface area is 91.8 Å². The van der Waals surface area contributed by atoms with E-state index in [1.807, 2.05) is 0 Å². The van der Waals surface area contributed by atoms with E-state index in [1.54, 1.807) is 0 Å². The first kappa shape index (κ1) is 9.74. The summed E-state index contributed by atoms with van der Waals surface area (Å²) in [4.78, 5) is 0. The predicted molar refractivity (Wildman–Crippen MR) is 63.4 cm³/mol. The van der Waals surface area contributed by atoms with E-state index in [0.29, 0.717) is 6.54 Å². The van der Waals surface area contributed by atoms with Gasteiger partial charge in [0.1, 0.15) is 0 Å². The van der Waals surface area contributed by atoms with Crippen molar-refractivity contribution in [3.8, 4) is 0 Å². The van der Waals surface area contributed by atoms with Crippen LogP contribution >= 0.6 is 15.9 Å². The Balaban J connectivity index is 2.70. The van der Waals surface area contributed by atoms with Crippen LogP contribution in [0.15, 0.2) is 28.7 Å². The van der Waals surface area contributed by atoms with Crippen LogP contribution in [0.5, 0.6) is 0 Å². The molecule has 0 unspecified atom stereocenters. The zero-order valence-corrected chi connectivity index (χ0v) is 9.71. The van der Waals surface area contributed by atoms with E-state index in [9.17, 15) is 0 Å². The molecule has 2 N–H and O–H groups in total. The number of aryl methyl sites for hydroxylation is 1. The Bertz CT molecular complexity index is 460. The number of halogens is 1. The van der Waals surface area contributed by atoms with Gasteiger partial charge < -0.3 is 10.3 Å². The molecule has 0 amide bonds. The maximum Gasteiger partial charge on any atom is 0.0494 e. The van der Waals surface area contributed by atoms with E-state index in [1.165, 1.54) is 16.6 Å². The SMILES string of the molecule is Cc1cc2c(Br)cccc2n1CCN. The zero-order valence-electron chi connectivity index (χ0n) is 8.13. The lowest BCUT2D eigenvalue weighted by Gasteiger charge is -2.05. The molecule has 74 valence electrons. The molecule has 0 spiro atoms. The minimum Gasteiger partial charge on any atom is -0.344 e. The molecule has 2 rings (SSSR count). The molecule has 0 aliphatic rings. The fourth-order valence-electron chi connectivity index (χ4n) is 1.81. The summed E-state index contributed by atoms with van der Waals surface area (Å²) in [6.07, 6.45) is 0. The Morgan fingerprint density at radius 2 is 2.21 bits per heavy atom. The van der Waals surface area contributed by atoms with Gasteiger partial charge in [-0.1, -0.05) is 22.0 Å². The van der Waals surface area contributed by atoms with Gasteiger partial charge in [-0.15, -0.1) is 0 Å². The number of nitrogens with two attached hydrogens (primary N) is 1. The largest absolute Gasteiger partial charge is 0.344 e. The molecular weight excluding hydrogens is 240 g/mol. The van der Waals surface area contributed by atoms with Gasteiger partial charge in [-0.3, -0.25) is 0 Å². The quantitative estimate of drug-likeness (QED) is 0.876. The topological polar surface area (TPSA) is 30.9 Å². The predicted octanol–water partition coefficient (Wildman–Crippen LogP) is 2.67. The minimum atomic E-state index is 0.678. The smallest absolute Gasteiger partial charge is 0.0494 e. The van der Waals surface area contributed by atoms with Crippen LogP contribution in [-0.4, -0.2) is 11.1 Å². The number of benzene rings is 1. The van der Waals surface area contributed by atoms with Crippen molar-refractivity contribution in [1.82, 2.24) is 4.57 Å². The third-order valence-electron chi connectivity index (χ3n) is 2.45. The van der Waals surface area contributed by atoms with Gasteiger partial charge in [-0.05, 0) is 25.1 Å². The molecular formula is C11H13BrN2. The summed E-state index contributed by atoms with van der Waals surface area (Å²) in [5.41, 5.74) is 8.10.